The second-order valence-electron chi connectivity index (χ2n) is 7.05. The number of carbonyl (C=O) groups excluding carboxylic acids is 3. The van der Waals surface area contributed by atoms with Crippen LogP contribution in [0.3, 0.4) is 0 Å². The molecule has 3 rings (SSSR count). The van der Waals surface area contributed by atoms with Crippen molar-refractivity contribution in [3.8, 4) is 0 Å². The highest BCUT2D eigenvalue weighted by molar-refractivity contribution is 7.12. The van der Waals surface area contributed by atoms with Gasteiger partial charge in [0.05, 0.1) is 18.0 Å². The molecule has 1 heterocycles. The smallest absolute Gasteiger partial charge is 0.261 e. The van der Waals surface area contributed by atoms with E-state index < -0.39 is 0 Å². The standard InChI is InChI=1S/C21H24ClN3O3S/c22-17-9-4-1-6-15(17)13-25(14-19(26)24-16-7-2-3-8-16)20(27)12-23-21(28)18-10-5-11-29-18/h1,4-6,9-11,16H,2-3,7-8,12-14H2,(H,23,28)(H,24,26). The summed E-state index contributed by atoms with van der Waals surface area (Å²) in [5.74, 6) is -0.834. The first kappa shape index (κ1) is 21.3. The van der Waals surface area contributed by atoms with E-state index in [0.29, 0.717) is 9.90 Å². The van der Waals surface area contributed by atoms with Crippen molar-refractivity contribution in [1.29, 1.82) is 0 Å². The summed E-state index contributed by atoms with van der Waals surface area (Å²) in [6, 6.07) is 10.9. The predicted molar refractivity (Wildman–Crippen MR) is 114 cm³/mol. The van der Waals surface area contributed by atoms with E-state index in [1.165, 1.54) is 16.2 Å². The van der Waals surface area contributed by atoms with Crippen LogP contribution in [0.25, 0.3) is 0 Å². The van der Waals surface area contributed by atoms with Gasteiger partial charge in [-0.2, -0.15) is 0 Å². The zero-order chi connectivity index (χ0) is 20.6. The summed E-state index contributed by atoms with van der Waals surface area (Å²) in [7, 11) is 0. The molecule has 1 saturated carbocycles. The van der Waals surface area contributed by atoms with E-state index in [2.05, 4.69) is 10.6 Å². The Balaban J connectivity index is 1.63. The molecule has 2 N–H and O–H groups in total. The van der Waals surface area contributed by atoms with Crippen LogP contribution in [-0.4, -0.2) is 41.8 Å². The lowest BCUT2D eigenvalue weighted by Crippen LogP contribution is -2.46. The minimum absolute atomic E-state index is 0.0740. The predicted octanol–water partition coefficient (Wildman–Crippen LogP) is 3.22. The third-order valence-electron chi connectivity index (χ3n) is 4.87. The van der Waals surface area contributed by atoms with Crippen LogP contribution in [0.4, 0.5) is 0 Å². The highest BCUT2D eigenvalue weighted by atomic mass is 35.5. The zero-order valence-corrected chi connectivity index (χ0v) is 17.6. The molecule has 154 valence electrons. The van der Waals surface area contributed by atoms with Crippen LogP contribution < -0.4 is 10.6 Å². The van der Waals surface area contributed by atoms with Gasteiger partial charge in [-0.1, -0.05) is 48.7 Å². The van der Waals surface area contributed by atoms with E-state index in [0.717, 1.165) is 31.2 Å². The summed E-state index contributed by atoms with van der Waals surface area (Å²) >= 11 is 7.54. The molecule has 0 atom stereocenters. The summed E-state index contributed by atoms with van der Waals surface area (Å²) in [5.41, 5.74) is 0.751. The van der Waals surface area contributed by atoms with Crippen molar-refractivity contribution in [2.75, 3.05) is 13.1 Å². The van der Waals surface area contributed by atoms with Crippen molar-refractivity contribution in [1.82, 2.24) is 15.5 Å². The van der Waals surface area contributed by atoms with Gasteiger partial charge in [0.15, 0.2) is 0 Å². The van der Waals surface area contributed by atoms with Gasteiger partial charge in [-0.25, -0.2) is 0 Å². The monoisotopic (exact) mass is 433 g/mol. The van der Waals surface area contributed by atoms with Crippen LogP contribution in [0.1, 0.15) is 40.9 Å². The van der Waals surface area contributed by atoms with Crippen LogP contribution in [-0.2, 0) is 16.1 Å². The van der Waals surface area contributed by atoms with Crippen molar-refractivity contribution >= 4 is 40.7 Å². The van der Waals surface area contributed by atoms with Gasteiger partial charge in [0.25, 0.3) is 5.91 Å². The Morgan fingerprint density at radius 3 is 2.55 bits per heavy atom. The van der Waals surface area contributed by atoms with Crippen molar-refractivity contribution in [2.45, 2.75) is 38.3 Å². The minimum atomic E-state index is -0.337. The third kappa shape index (κ3) is 6.30. The van der Waals surface area contributed by atoms with Crippen LogP contribution >= 0.6 is 22.9 Å². The second kappa shape index (κ2) is 10.4. The molecule has 6 nitrogen and oxygen atoms in total. The molecular weight excluding hydrogens is 410 g/mol. The molecule has 1 aliphatic carbocycles. The Kier molecular flexibility index (Phi) is 7.66. The third-order valence-corrected chi connectivity index (χ3v) is 6.11. The summed E-state index contributed by atoms with van der Waals surface area (Å²) in [4.78, 5) is 39.4. The van der Waals surface area contributed by atoms with Crippen molar-refractivity contribution in [2.24, 2.45) is 0 Å². The number of carbonyl (C=O) groups is 3. The lowest BCUT2D eigenvalue weighted by molar-refractivity contribution is -0.136. The molecule has 0 unspecified atom stereocenters. The lowest BCUT2D eigenvalue weighted by atomic mass is 10.2. The van der Waals surface area contributed by atoms with Gasteiger partial charge >= 0.3 is 0 Å². The van der Waals surface area contributed by atoms with Gasteiger partial charge in [-0.15, -0.1) is 11.3 Å². The molecule has 1 aromatic heterocycles. The Morgan fingerprint density at radius 2 is 1.86 bits per heavy atom. The quantitative estimate of drug-likeness (QED) is 0.670. The summed E-state index contributed by atoms with van der Waals surface area (Å²) in [6.07, 6.45) is 4.17. The first-order chi connectivity index (χ1) is 14.0. The SMILES string of the molecule is O=C(CN(Cc1ccccc1Cl)C(=O)CNC(=O)c1cccs1)NC1CCCC1. The molecule has 0 spiro atoms. The number of hydrogen-bond donors (Lipinski definition) is 2. The highest BCUT2D eigenvalue weighted by Gasteiger charge is 2.22. The Hall–Kier alpha value is -2.38. The van der Waals surface area contributed by atoms with Gasteiger partial charge in [0, 0.05) is 17.6 Å². The Labute approximate surface area is 179 Å². The van der Waals surface area contributed by atoms with E-state index in [4.69, 9.17) is 11.6 Å². The Morgan fingerprint density at radius 1 is 1.10 bits per heavy atom. The first-order valence-electron chi connectivity index (χ1n) is 9.65. The number of amides is 3. The van der Waals surface area contributed by atoms with Crippen molar-refractivity contribution in [3.63, 3.8) is 0 Å². The van der Waals surface area contributed by atoms with Crippen LogP contribution in [0.5, 0.6) is 0 Å². The zero-order valence-electron chi connectivity index (χ0n) is 16.0. The van der Waals surface area contributed by atoms with Gasteiger partial charge in [-0.05, 0) is 35.9 Å². The molecule has 8 heteroatoms. The molecular formula is C21H24ClN3O3S. The van der Waals surface area contributed by atoms with Gasteiger partial charge in [0.1, 0.15) is 0 Å². The minimum Gasteiger partial charge on any atom is -0.352 e. The molecule has 29 heavy (non-hydrogen) atoms. The average Bonchev–Trinajstić information content (AvgIpc) is 3.41. The molecule has 3 amide bonds. The molecule has 0 aliphatic heterocycles. The van der Waals surface area contributed by atoms with Crippen molar-refractivity contribution < 1.29 is 14.4 Å². The number of halogens is 1. The summed E-state index contributed by atoms with van der Waals surface area (Å²) in [6.45, 7) is -0.0568. The molecule has 0 radical (unpaired) electrons. The number of rotatable bonds is 8. The fraction of sp³-hybridized carbons (Fsp3) is 0.381. The van der Waals surface area contributed by atoms with E-state index in [-0.39, 0.29) is 43.4 Å². The van der Waals surface area contributed by atoms with E-state index in [9.17, 15) is 14.4 Å². The van der Waals surface area contributed by atoms with Gasteiger partial charge in [0.2, 0.25) is 11.8 Å². The number of benzene rings is 1. The summed E-state index contributed by atoms with van der Waals surface area (Å²) in [5, 5.41) is 7.96. The largest absolute Gasteiger partial charge is 0.352 e. The topological polar surface area (TPSA) is 78.5 Å². The van der Waals surface area contributed by atoms with Gasteiger partial charge in [-0.3, -0.25) is 14.4 Å². The maximum atomic E-state index is 12.8. The molecule has 1 fully saturated rings. The molecule has 0 bridgehead atoms. The number of thiophene rings is 1. The molecule has 2 aromatic rings. The van der Waals surface area contributed by atoms with E-state index in [1.54, 1.807) is 23.6 Å². The summed E-state index contributed by atoms with van der Waals surface area (Å²) < 4.78 is 0. The van der Waals surface area contributed by atoms with Crippen LogP contribution in [0, 0.1) is 0 Å². The van der Waals surface area contributed by atoms with E-state index in [1.807, 2.05) is 18.2 Å². The lowest BCUT2D eigenvalue weighted by Gasteiger charge is -2.24. The highest BCUT2D eigenvalue weighted by Crippen LogP contribution is 2.19. The van der Waals surface area contributed by atoms with Crippen LogP contribution in [0.15, 0.2) is 41.8 Å². The average molecular weight is 434 g/mol. The first-order valence-corrected chi connectivity index (χ1v) is 10.9. The number of hydrogen-bond acceptors (Lipinski definition) is 4. The molecule has 1 aliphatic rings. The maximum absolute atomic E-state index is 12.8. The fourth-order valence-electron chi connectivity index (χ4n) is 3.34. The van der Waals surface area contributed by atoms with Gasteiger partial charge < -0.3 is 15.5 Å². The van der Waals surface area contributed by atoms with Crippen molar-refractivity contribution in [3.05, 3.63) is 57.2 Å². The normalized spacial score (nSPS) is 13.8. The maximum Gasteiger partial charge on any atom is 0.261 e. The number of nitrogens with zero attached hydrogens (tertiary/aromatic N) is 1. The fourth-order valence-corrected chi connectivity index (χ4v) is 4.18. The second-order valence-corrected chi connectivity index (χ2v) is 8.40. The van der Waals surface area contributed by atoms with E-state index >= 15 is 0 Å². The molecule has 1 aromatic carbocycles. The Bertz CT molecular complexity index is 851. The van der Waals surface area contributed by atoms with Crippen LogP contribution in [0.2, 0.25) is 5.02 Å². The number of nitrogens with one attached hydrogen (secondary N) is 2. The molecule has 0 saturated heterocycles.